The van der Waals surface area contributed by atoms with Gasteiger partial charge < -0.3 is 14.7 Å². The van der Waals surface area contributed by atoms with Crippen LogP contribution in [0.2, 0.25) is 0 Å². The number of anilines is 9. The highest BCUT2D eigenvalue weighted by atomic mass is 15.2. The largest absolute Gasteiger partial charge is 0.311 e. The molecule has 0 saturated heterocycles. The van der Waals surface area contributed by atoms with E-state index in [9.17, 15) is 0 Å². The minimum absolute atomic E-state index is 0.00252. The first-order valence-corrected chi connectivity index (χ1v) is 33.8. The quantitative estimate of drug-likeness (QED) is 0.159. The first-order valence-electron chi connectivity index (χ1n) is 33.8. The molecular formula is C85H102BN3. The Morgan fingerprint density at radius 2 is 0.888 bits per heavy atom. The molecule has 3 aliphatic carbocycles. The van der Waals surface area contributed by atoms with E-state index in [4.69, 9.17) is 0 Å². The molecule has 5 aliphatic rings. The zero-order chi connectivity index (χ0) is 64.2. The molecule has 0 bridgehead atoms. The SMILES string of the molecule is Cc1cc(C(C)(C)C)ccc1N(c1ccc2c(c1)N(c1ccc3c(c1C(C)(C)C)C(C)(C)c1ccccc1-3)c1cc(C(C)(C)C)cc3c1B2c1cc2c(cc1N3c1ccc3c(c1)C(C)(C)CCC3(C)C)C(C)(C)CCC2(C)C)c1ccc(C(C)(C)C)cc1C. The van der Waals surface area contributed by atoms with E-state index in [1.807, 2.05) is 0 Å². The summed E-state index contributed by atoms with van der Waals surface area (Å²) < 4.78 is 0. The van der Waals surface area contributed by atoms with Crippen molar-refractivity contribution in [2.75, 3.05) is 14.7 Å². The van der Waals surface area contributed by atoms with Crippen molar-refractivity contribution < 1.29 is 0 Å². The minimum Gasteiger partial charge on any atom is -0.311 e. The van der Waals surface area contributed by atoms with Crippen LogP contribution in [0, 0.1) is 13.8 Å². The zero-order valence-corrected chi connectivity index (χ0v) is 58.9. The predicted octanol–water partition coefficient (Wildman–Crippen LogP) is 22.1. The van der Waals surface area contributed by atoms with E-state index >= 15 is 0 Å². The number of nitrogens with zero attached hydrogens (tertiary/aromatic N) is 3. The number of fused-ring (bicyclic) bond motifs is 9. The van der Waals surface area contributed by atoms with Crippen LogP contribution in [0.4, 0.5) is 51.2 Å². The maximum absolute atomic E-state index is 2.79. The summed E-state index contributed by atoms with van der Waals surface area (Å²) in [6.07, 6.45) is 4.64. The highest BCUT2D eigenvalue weighted by Crippen LogP contribution is 2.59. The average Bonchev–Trinajstić information content (AvgIpc) is 1.24. The van der Waals surface area contributed by atoms with Crippen LogP contribution >= 0.6 is 0 Å². The molecule has 89 heavy (non-hydrogen) atoms. The first-order chi connectivity index (χ1) is 41.2. The highest BCUT2D eigenvalue weighted by Gasteiger charge is 2.50. The number of aryl methyl sites for hydroxylation is 2. The van der Waals surface area contributed by atoms with Crippen molar-refractivity contribution in [2.45, 2.75) is 241 Å². The van der Waals surface area contributed by atoms with Gasteiger partial charge in [-0.25, -0.2) is 0 Å². The Balaban J connectivity index is 1.19. The van der Waals surface area contributed by atoms with Gasteiger partial charge in [-0.3, -0.25) is 0 Å². The summed E-state index contributed by atoms with van der Waals surface area (Å²) in [4.78, 5) is 8.15. The molecule has 2 heterocycles. The van der Waals surface area contributed by atoms with E-state index in [0.29, 0.717) is 0 Å². The molecule has 4 heteroatoms. The fourth-order valence-electron chi connectivity index (χ4n) is 16.8. The summed E-state index contributed by atoms with van der Waals surface area (Å²) in [6, 6.07) is 54.7. The molecule has 13 rings (SSSR count). The van der Waals surface area contributed by atoms with Crippen LogP contribution in [-0.4, -0.2) is 6.71 Å². The summed E-state index contributed by atoms with van der Waals surface area (Å²) in [5.41, 5.74) is 34.2. The average molecular weight is 1180 g/mol. The van der Waals surface area contributed by atoms with Gasteiger partial charge in [0.15, 0.2) is 0 Å². The second-order valence-corrected chi connectivity index (χ2v) is 35.4. The van der Waals surface area contributed by atoms with Gasteiger partial charge in [0, 0.05) is 50.9 Å². The van der Waals surface area contributed by atoms with Crippen molar-refractivity contribution in [3.8, 4) is 11.1 Å². The lowest BCUT2D eigenvalue weighted by molar-refractivity contribution is 0.332. The van der Waals surface area contributed by atoms with Gasteiger partial charge in [0.1, 0.15) is 0 Å². The summed E-state index contributed by atoms with van der Waals surface area (Å²) in [6.45, 7) is 58.2. The molecule has 3 nitrogen and oxygen atoms in total. The third-order valence-corrected chi connectivity index (χ3v) is 22.5. The van der Waals surface area contributed by atoms with Crippen molar-refractivity contribution in [3.63, 3.8) is 0 Å². The lowest BCUT2D eigenvalue weighted by atomic mass is 9.33. The van der Waals surface area contributed by atoms with E-state index in [1.54, 1.807) is 0 Å². The van der Waals surface area contributed by atoms with Gasteiger partial charge in [-0.15, -0.1) is 0 Å². The summed E-state index contributed by atoms with van der Waals surface area (Å²) in [7, 11) is 0. The van der Waals surface area contributed by atoms with Gasteiger partial charge in [0.05, 0.1) is 5.69 Å². The van der Waals surface area contributed by atoms with Crippen molar-refractivity contribution >= 4 is 74.3 Å². The Morgan fingerprint density at radius 1 is 0.382 bits per heavy atom. The lowest BCUT2D eigenvalue weighted by Crippen LogP contribution is -2.62. The molecule has 0 fully saturated rings. The second kappa shape index (κ2) is 19.6. The fraction of sp³-hybridized carbons (Fsp3) is 0.435. The van der Waals surface area contributed by atoms with E-state index in [-0.39, 0.29) is 55.4 Å². The minimum atomic E-state index is -0.250. The molecule has 0 atom stereocenters. The van der Waals surface area contributed by atoms with E-state index in [2.05, 4.69) is 314 Å². The lowest BCUT2D eigenvalue weighted by Gasteiger charge is -2.49. The molecule has 0 aromatic heterocycles. The Labute approximate surface area is 537 Å². The summed E-state index contributed by atoms with van der Waals surface area (Å²) in [5.74, 6) is 0. The molecule has 0 N–H and O–H groups in total. The molecule has 8 aromatic rings. The maximum Gasteiger partial charge on any atom is 0.252 e. The number of hydrogen-bond donors (Lipinski definition) is 0. The zero-order valence-electron chi connectivity index (χ0n) is 58.9. The summed E-state index contributed by atoms with van der Waals surface area (Å²) in [5, 5.41) is 0. The van der Waals surface area contributed by atoms with Crippen LogP contribution in [0.15, 0.2) is 133 Å². The van der Waals surface area contributed by atoms with Crippen molar-refractivity contribution in [1.29, 1.82) is 0 Å². The van der Waals surface area contributed by atoms with Gasteiger partial charge in [-0.2, -0.15) is 0 Å². The molecule has 0 saturated carbocycles. The standard InChI is InChI=1S/C85H102BN3/c1-51-43-53(77(3,4)5)29-36-67(51)87(68-37-30-54(44-52(68)2)78(6,7)8)57-32-35-65-70(48-57)89(69-38-33-59-58-27-25-26-28-60(58)85(23,24)74(59)75(69)80(12,13)14)73-46-55(79(9,10)11)45-72-76(73)86(65)66-49-63-64(84(21,22)42-41-83(63,19)20)50-71(66)88(72)56-31-34-61-62(47-56)82(17,18)40-39-81(61,15)16/h25-38,43-50H,39-42H2,1-24H3. The van der Waals surface area contributed by atoms with Crippen LogP contribution in [0.5, 0.6) is 0 Å². The van der Waals surface area contributed by atoms with E-state index in [1.165, 1.54) is 146 Å². The molecule has 0 radical (unpaired) electrons. The molecule has 0 amide bonds. The normalized spacial score (nSPS) is 18.1. The van der Waals surface area contributed by atoms with Gasteiger partial charge in [-0.05, 0) is 238 Å². The van der Waals surface area contributed by atoms with Gasteiger partial charge >= 0.3 is 0 Å². The summed E-state index contributed by atoms with van der Waals surface area (Å²) >= 11 is 0. The third kappa shape index (κ3) is 9.54. The Bertz CT molecular complexity index is 4200. The van der Waals surface area contributed by atoms with Crippen LogP contribution < -0.4 is 31.1 Å². The van der Waals surface area contributed by atoms with Gasteiger partial charge in [0.2, 0.25) is 0 Å². The topological polar surface area (TPSA) is 9.72 Å². The maximum atomic E-state index is 2.79. The molecule has 8 aromatic carbocycles. The first kappa shape index (κ1) is 61.1. The van der Waals surface area contributed by atoms with E-state index < -0.39 is 0 Å². The monoisotopic (exact) mass is 1180 g/mol. The Hall–Kier alpha value is -6.78. The van der Waals surface area contributed by atoms with E-state index in [0.717, 1.165) is 24.9 Å². The fourth-order valence-corrected chi connectivity index (χ4v) is 16.8. The number of rotatable bonds is 5. The molecule has 2 aliphatic heterocycles. The van der Waals surface area contributed by atoms with Crippen molar-refractivity contribution in [1.82, 2.24) is 0 Å². The second-order valence-electron chi connectivity index (χ2n) is 35.4. The van der Waals surface area contributed by atoms with Gasteiger partial charge in [0.25, 0.3) is 6.71 Å². The molecule has 0 unspecified atom stereocenters. The molecule has 0 spiro atoms. The number of hydrogen-bond acceptors (Lipinski definition) is 3. The Kier molecular flexibility index (Phi) is 13.5. The van der Waals surface area contributed by atoms with Crippen LogP contribution in [0.1, 0.15) is 245 Å². The third-order valence-electron chi connectivity index (χ3n) is 22.5. The van der Waals surface area contributed by atoms with Crippen molar-refractivity contribution in [2.24, 2.45) is 0 Å². The van der Waals surface area contributed by atoms with Gasteiger partial charge in [-0.1, -0.05) is 225 Å². The van der Waals surface area contributed by atoms with Crippen LogP contribution in [0.3, 0.4) is 0 Å². The molecule has 460 valence electrons. The Morgan fingerprint density at radius 3 is 1.43 bits per heavy atom. The van der Waals surface area contributed by atoms with Crippen LogP contribution in [-0.2, 0) is 48.7 Å². The van der Waals surface area contributed by atoms with Crippen LogP contribution in [0.25, 0.3) is 11.1 Å². The smallest absolute Gasteiger partial charge is 0.252 e. The van der Waals surface area contributed by atoms with Crippen molar-refractivity contribution in [3.05, 3.63) is 200 Å². The number of benzene rings is 8. The highest BCUT2D eigenvalue weighted by molar-refractivity contribution is 7.00. The predicted molar refractivity (Wildman–Crippen MR) is 388 cm³/mol. The molecular weight excluding hydrogens is 1070 g/mol.